The van der Waals surface area contributed by atoms with E-state index in [4.69, 9.17) is 9.47 Å². The summed E-state index contributed by atoms with van der Waals surface area (Å²) in [5.74, 6) is -0.261. The van der Waals surface area contributed by atoms with Crippen LogP contribution in [0.15, 0.2) is 0 Å². The van der Waals surface area contributed by atoms with Crippen LogP contribution in [0.25, 0.3) is 0 Å². The lowest BCUT2D eigenvalue weighted by molar-refractivity contribution is -0.146. The molecular formula is C7H15O3P. The fraction of sp³-hybridized carbons (Fsp3) is 0.857. The second-order valence-electron chi connectivity index (χ2n) is 2.36. The van der Waals surface area contributed by atoms with Gasteiger partial charge in [-0.3, -0.25) is 0 Å². The molecule has 11 heavy (non-hydrogen) atoms. The van der Waals surface area contributed by atoms with Crippen LogP contribution in [0.3, 0.4) is 0 Å². The Kier molecular flexibility index (Phi) is 6.48. The Labute approximate surface area is 68.8 Å². The summed E-state index contributed by atoms with van der Waals surface area (Å²) in [4.78, 5) is 10.8. The molecule has 0 aliphatic heterocycles. The molecule has 66 valence electrons. The van der Waals surface area contributed by atoms with Gasteiger partial charge in [-0.05, 0) is 20.3 Å². The molecule has 0 fully saturated rings. The van der Waals surface area contributed by atoms with Gasteiger partial charge in [-0.25, -0.2) is 4.79 Å². The van der Waals surface area contributed by atoms with E-state index in [2.05, 4.69) is 13.3 Å². The molecule has 0 amide bonds. The smallest absolute Gasteiger partial charge is 0.332 e. The molecule has 0 atom stereocenters. The third kappa shape index (κ3) is 7.76. The number of esters is 1. The highest BCUT2D eigenvalue weighted by atomic mass is 31.1. The van der Waals surface area contributed by atoms with E-state index in [9.17, 15) is 4.79 Å². The van der Waals surface area contributed by atoms with Crippen molar-refractivity contribution in [1.29, 1.82) is 0 Å². The maximum atomic E-state index is 10.8. The lowest BCUT2D eigenvalue weighted by Crippen LogP contribution is -2.12. The van der Waals surface area contributed by atoms with Crippen LogP contribution in [0, 0.1) is 0 Å². The molecule has 0 heterocycles. The zero-order valence-electron chi connectivity index (χ0n) is 7.29. The molecule has 0 aliphatic carbocycles. The highest BCUT2D eigenvalue weighted by Crippen LogP contribution is 2.23. The molecule has 0 saturated heterocycles. The molecule has 0 aromatic carbocycles. The molecule has 0 N–H and O–H groups in total. The van der Waals surface area contributed by atoms with Crippen LogP contribution in [0.5, 0.6) is 0 Å². The molecular weight excluding hydrogens is 163 g/mol. The molecule has 0 aromatic heterocycles. The van der Waals surface area contributed by atoms with E-state index in [1.807, 2.05) is 6.92 Å². The summed E-state index contributed by atoms with van der Waals surface area (Å²) in [5.41, 5.74) is 0. The van der Waals surface area contributed by atoms with Crippen molar-refractivity contribution in [2.45, 2.75) is 6.92 Å². The van der Waals surface area contributed by atoms with Gasteiger partial charge in [-0.1, -0.05) is 7.92 Å². The van der Waals surface area contributed by atoms with Gasteiger partial charge in [0.2, 0.25) is 0 Å². The molecule has 0 radical (unpaired) electrons. The number of rotatable bonds is 5. The summed E-state index contributed by atoms with van der Waals surface area (Å²) in [6.45, 7) is 6.61. The molecule has 3 nitrogen and oxygen atoms in total. The van der Waals surface area contributed by atoms with E-state index in [0.29, 0.717) is 13.0 Å². The monoisotopic (exact) mass is 178 g/mol. The normalized spacial score (nSPS) is 10.2. The maximum absolute atomic E-state index is 10.8. The molecule has 0 aliphatic rings. The van der Waals surface area contributed by atoms with Gasteiger partial charge in [0, 0.05) is 6.61 Å². The summed E-state index contributed by atoms with van der Waals surface area (Å²) in [6, 6.07) is 0. The van der Waals surface area contributed by atoms with Gasteiger partial charge in [0.1, 0.15) is 13.0 Å². The second kappa shape index (κ2) is 6.56. The Morgan fingerprint density at radius 2 is 2.09 bits per heavy atom. The summed E-state index contributed by atoms with van der Waals surface area (Å²) < 4.78 is 9.73. The Morgan fingerprint density at radius 3 is 2.55 bits per heavy atom. The van der Waals surface area contributed by atoms with Crippen molar-refractivity contribution in [3.05, 3.63) is 0 Å². The Hall–Kier alpha value is -0.140. The van der Waals surface area contributed by atoms with Gasteiger partial charge in [0.15, 0.2) is 0 Å². The first kappa shape index (κ1) is 10.9. The minimum absolute atomic E-state index is 0.0830. The Bertz CT molecular complexity index is 114. The molecule has 0 bridgehead atoms. The number of hydrogen-bond acceptors (Lipinski definition) is 3. The second-order valence-corrected chi connectivity index (χ2v) is 4.78. The lowest BCUT2D eigenvalue weighted by Gasteiger charge is -2.06. The van der Waals surface area contributed by atoms with Crippen molar-refractivity contribution in [2.24, 2.45) is 0 Å². The van der Waals surface area contributed by atoms with Crippen molar-refractivity contribution in [3.63, 3.8) is 0 Å². The lowest BCUT2D eigenvalue weighted by atomic mass is 10.7. The van der Waals surface area contributed by atoms with Crippen LogP contribution in [0.2, 0.25) is 0 Å². The highest BCUT2D eigenvalue weighted by molar-refractivity contribution is 7.55. The standard InChI is InChI=1S/C7H15O3P/c1-4-9-5-7(8)10-6-11(2)3/h4-6H2,1-3H3. The quantitative estimate of drug-likeness (QED) is 0.469. The van der Waals surface area contributed by atoms with E-state index in [-0.39, 0.29) is 20.5 Å². The molecule has 4 heteroatoms. The largest absolute Gasteiger partial charge is 0.459 e. The summed E-state index contributed by atoms with van der Waals surface area (Å²) >= 11 is 0. The van der Waals surface area contributed by atoms with E-state index < -0.39 is 0 Å². The zero-order valence-corrected chi connectivity index (χ0v) is 8.19. The van der Waals surface area contributed by atoms with Crippen molar-refractivity contribution in [1.82, 2.24) is 0 Å². The van der Waals surface area contributed by atoms with E-state index >= 15 is 0 Å². The molecule has 0 unspecified atom stereocenters. The van der Waals surface area contributed by atoms with Gasteiger partial charge in [0.25, 0.3) is 0 Å². The summed E-state index contributed by atoms with van der Waals surface area (Å²) in [5, 5.41) is 0. The predicted octanol–water partition coefficient (Wildman–Crippen LogP) is 1.27. The van der Waals surface area contributed by atoms with Gasteiger partial charge in [-0.2, -0.15) is 0 Å². The van der Waals surface area contributed by atoms with Crippen molar-refractivity contribution >= 4 is 13.9 Å². The van der Waals surface area contributed by atoms with Crippen LogP contribution in [0.4, 0.5) is 0 Å². The minimum atomic E-state index is -0.261. The van der Waals surface area contributed by atoms with Crippen molar-refractivity contribution in [3.8, 4) is 0 Å². The average Bonchev–Trinajstić information content (AvgIpc) is 1.97. The van der Waals surface area contributed by atoms with Crippen LogP contribution in [0.1, 0.15) is 6.92 Å². The first-order valence-corrected chi connectivity index (χ1v) is 5.97. The fourth-order valence-electron chi connectivity index (χ4n) is 0.428. The third-order valence-electron chi connectivity index (χ3n) is 0.908. The van der Waals surface area contributed by atoms with Crippen LogP contribution < -0.4 is 0 Å². The fourth-order valence-corrected chi connectivity index (χ4v) is 0.830. The number of carbonyl (C=O) groups is 1. The van der Waals surface area contributed by atoms with Crippen LogP contribution >= 0.6 is 7.92 Å². The van der Waals surface area contributed by atoms with Crippen LogP contribution in [-0.4, -0.2) is 38.9 Å². The maximum Gasteiger partial charge on any atom is 0.332 e. The number of hydrogen-bond donors (Lipinski definition) is 0. The zero-order chi connectivity index (χ0) is 8.69. The summed E-state index contributed by atoms with van der Waals surface area (Å²) in [7, 11) is -0.147. The predicted molar refractivity (Wildman–Crippen MR) is 46.2 cm³/mol. The van der Waals surface area contributed by atoms with Gasteiger partial charge < -0.3 is 9.47 Å². The van der Waals surface area contributed by atoms with Gasteiger partial charge in [0.05, 0.1) is 0 Å². The van der Waals surface area contributed by atoms with E-state index in [0.717, 1.165) is 0 Å². The Balaban J connectivity index is 3.23. The van der Waals surface area contributed by atoms with E-state index in [1.54, 1.807) is 0 Å². The number of carbonyl (C=O) groups excluding carboxylic acids is 1. The third-order valence-corrected chi connectivity index (χ3v) is 1.55. The SMILES string of the molecule is CCOCC(=O)OCP(C)C. The first-order valence-electron chi connectivity index (χ1n) is 3.55. The number of ether oxygens (including phenoxy) is 2. The van der Waals surface area contributed by atoms with E-state index in [1.165, 1.54) is 0 Å². The molecule has 0 spiro atoms. The molecule has 0 saturated carbocycles. The van der Waals surface area contributed by atoms with Crippen molar-refractivity contribution < 1.29 is 14.3 Å². The minimum Gasteiger partial charge on any atom is -0.459 e. The molecule has 0 aromatic rings. The first-order chi connectivity index (χ1) is 5.16. The highest BCUT2D eigenvalue weighted by Gasteiger charge is 2.02. The van der Waals surface area contributed by atoms with Crippen LogP contribution in [-0.2, 0) is 14.3 Å². The average molecular weight is 178 g/mol. The van der Waals surface area contributed by atoms with Gasteiger partial charge in [-0.15, -0.1) is 0 Å². The molecule has 0 rings (SSSR count). The topological polar surface area (TPSA) is 35.5 Å². The summed E-state index contributed by atoms with van der Waals surface area (Å²) in [6.07, 6.45) is 0.543. The van der Waals surface area contributed by atoms with Crippen molar-refractivity contribution in [2.75, 3.05) is 32.9 Å². The Morgan fingerprint density at radius 1 is 1.45 bits per heavy atom. The van der Waals surface area contributed by atoms with Gasteiger partial charge >= 0.3 is 5.97 Å².